The number of alkyl halides is 1. The Labute approximate surface area is 172 Å². The van der Waals surface area contributed by atoms with Crippen LogP contribution in [0, 0.1) is 0 Å². The van der Waals surface area contributed by atoms with E-state index in [1.807, 2.05) is 0 Å². The minimum atomic E-state index is 0.551. The second kappa shape index (κ2) is 18.6. The monoisotopic (exact) mass is 452 g/mol. The number of oxime groups is 2. The number of hydrogen-bond acceptors (Lipinski definition) is 8. The van der Waals surface area contributed by atoms with Gasteiger partial charge in [0.15, 0.2) is 0 Å². The van der Waals surface area contributed by atoms with Crippen LogP contribution < -0.4 is 0 Å². The van der Waals surface area contributed by atoms with E-state index < -0.39 is 0 Å². The molecule has 0 aromatic carbocycles. The molecule has 1 N–H and O–H groups in total. The molecule has 0 radical (unpaired) electrons. The minimum absolute atomic E-state index is 0.551. The Kier molecular flexibility index (Phi) is 18.1. The summed E-state index contributed by atoms with van der Waals surface area (Å²) < 4.78 is 9.49. The lowest BCUT2D eigenvalue weighted by Crippen LogP contribution is -2.30. The highest BCUT2D eigenvalue weighted by molar-refractivity contribution is 9.09. The predicted octanol–water partition coefficient (Wildman–Crippen LogP) is 2.30. The zero-order valence-electron chi connectivity index (χ0n) is 17.3. The highest BCUT2D eigenvalue weighted by Crippen LogP contribution is 2.05. The van der Waals surface area contributed by atoms with Crippen LogP contribution in [-0.4, -0.2) is 106 Å². The van der Waals surface area contributed by atoms with E-state index in [-0.39, 0.29) is 0 Å². The van der Waals surface area contributed by atoms with Crippen LogP contribution in [0.3, 0.4) is 0 Å². The highest BCUT2D eigenvalue weighted by atomic mass is 79.9. The van der Waals surface area contributed by atoms with Crippen LogP contribution in [-0.2, 0) is 14.3 Å². The second-order valence-corrected chi connectivity index (χ2v) is 7.23. The van der Waals surface area contributed by atoms with E-state index in [0.29, 0.717) is 13.2 Å². The van der Waals surface area contributed by atoms with Crippen LogP contribution in [0.4, 0.5) is 0 Å². The maximum atomic E-state index is 8.35. The van der Waals surface area contributed by atoms with E-state index >= 15 is 0 Å². The van der Waals surface area contributed by atoms with Gasteiger partial charge in [-0.05, 0) is 14.1 Å². The van der Waals surface area contributed by atoms with E-state index in [1.165, 1.54) is 5.71 Å². The predicted molar refractivity (Wildman–Crippen MR) is 114 cm³/mol. The summed E-state index contributed by atoms with van der Waals surface area (Å²) in [6.45, 7) is 6.20. The Hall–Kier alpha value is -0.740. The molecule has 2 aliphatic rings. The average Bonchev–Trinajstić information content (AvgIpc) is 2.69. The molecule has 0 aliphatic carbocycles. The van der Waals surface area contributed by atoms with E-state index in [0.717, 1.165) is 69.5 Å². The molecule has 0 atom stereocenters. The Balaban J connectivity index is 0.000000419. The molecule has 0 unspecified atom stereocenters. The summed E-state index contributed by atoms with van der Waals surface area (Å²) in [6, 6.07) is 0. The number of halogens is 1. The molecule has 8 nitrogen and oxygen atoms in total. The van der Waals surface area contributed by atoms with Gasteiger partial charge in [-0.2, -0.15) is 0 Å². The molecule has 160 valence electrons. The van der Waals surface area contributed by atoms with Crippen LogP contribution in [0.5, 0.6) is 0 Å². The lowest BCUT2D eigenvalue weighted by molar-refractivity contribution is 0.0739. The Morgan fingerprint density at radius 3 is 1.70 bits per heavy atom. The third kappa shape index (κ3) is 16.0. The lowest BCUT2D eigenvalue weighted by Gasteiger charge is -2.22. The molecule has 0 aromatic rings. The van der Waals surface area contributed by atoms with Gasteiger partial charge in [0, 0.05) is 71.4 Å². The fourth-order valence-corrected chi connectivity index (χ4v) is 2.60. The van der Waals surface area contributed by atoms with Crippen molar-refractivity contribution in [2.24, 2.45) is 10.3 Å². The summed E-state index contributed by atoms with van der Waals surface area (Å²) in [5.41, 5.74) is 2.11. The third-order valence-corrected chi connectivity index (χ3v) is 4.45. The highest BCUT2D eigenvalue weighted by Gasteiger charge is 2.11. The molecule has 0 amide bonds. The van der Waals surface area contributed by atoms with E-state index in [4.69, 9.17) is 14.8 Å². The van der Waals surface area contributed by atoms with Crippen molar-refractivity contribution in [2.75, 3.05) is 79.6 Å². The van der Waals surface area contributed by atoms with Crippen molar-refractivity contribution in [1.29, 1.82) is 0 Å². The van der Waals surface area contributed by atoms with Crippen LogP contribution in [0.25, 0.3) is 0 Å². The summed E-state index contributed by atoms with van der Waals surface area (Å²) in [5, 5.41) is 16.5. The minimum Gasteiger partial charge on any atom is -0.411 e. The van der Waals surface area contributed by atoms with Crippen LogP contribution in [0.15, 0.2) is 10.3 Å². The number of hydrogen-bond donors (Lipinski definition) is 1. The van der Waals surface area contributed by atoms with Gasteiger partial charge < -0.3 is 29.3 Å². The van der Waals surface area contributed by atoms with Crippen molar-refractivity contribution >= 4 is 27.4 Å². The first-order valence-corrected chi connectivity index (χ1v) is 10.5. The number of piperidine rings is 2. The number of nitrogens with zero attached hydrogens (tertiary/aromatic N) is 4. The van der Waals surface area contributed by atoms with Crippen molar-refractivity contribution in [3.05, 3.63) is 0 Å². The standard InChI is InChI=1S/C9H18N2O2.C6H12N2O.C3H7BrO/c1-11-5-3-9(4-6-11)10-13-8-7-12-2;1-8-4-2-6(7-9)3-5-8;1-5-3-2-4/h3-8H2,1-2H3;9H,2-5H2,1H3;2-3H2,1H3. The van der Waals surface area contributed by atoms with E-state index in [1.54, 1.807) is 14.2 Å². The summed E-state index contributed by atoms with van der Waals surface area (Å²) >= 11 is 3.18. The van der Waals surface area contributed by atoms with E-state index in [2.05, 4.69) is 54.9 Å². The van der Waals surface area contributed by atoms with Crippen molar-refractivity contribution in [3.8, 4) is 0 Å². The molecule has 2 heterocycles. The smallest absolute Gasteiger partial charge is 0.140 e. The van der Waals surface area contributed by atoms with Crippen molar-refractivity contribution < 1.29 is 19.5 Å². The maximum Gasteiger partial charge on any atom is 0.140 e. The first-order valence-electron chi connectivity index (χ1n) is 9.35. The first-order chi connectivity index (χ1) is 13.1. The summed E-state index contributed by atoms with van der Waals surface area (Å²) in [5.74, 6) is 0. The molecule has 0 saturated carbocycles. The van der Waals surface area contributed by atoms with Crippen LogP contribution in [0.1, 0.15) is 25.7 Å². The Morgan fingerprint density at radius 2 is 1.33 bits per heavy atom. The molecule has 0 aromatic heterocycles. The van der Waals surface area contributed by atoms with Crippen molar-refractivity contribution in [3.63, 3.8) is 0 Å². The van der Waals surface area contributed by atoms with Crippen molar-refractivity contribution in [2.45, 2.75) is 25.7 Å². The van der Waals surface area contributed by atoms with Gasteiger partial charge in [-0.1, -0.05) is 26.2 Å². The van der Waals surface area contributed by atoms with Gasteiger partial charge in [-0.3, -0.25) is 0 Å². The van der Waals surface area contributed by atoms with E-state index in [9.17, 15) is 0 Å². The molecular weight excluding hydrogens is 416 g/mol. The van der Waals surface area contributed by atoms with Gasteiger partial charge in [0.25, 0.3) is 0 Å². The van der Waals surface area contributed by atoms with Crippen molar-refractivity contribution in [1.82, 2.24) is 9.80 Å². The topological polar surface area (TPSA) is 79.1 Å². The number of methoxy groups -OCH3 is 2. The first kappa shape index (κ1) is 26.3. The van der Waals surface area contributed by atoms with Gasteiger partial charge in [-0.25, -0.2) is 0 Å². The number of likely N-dealkylation sites (tertiary alicyclic amines) is 2. The summed E-state index contributed by atoms with van der Waals surface area (Å²) in [6.07, 6.45) is 3.91. The van der Waals surface area contributed by atoms with Gasteiger partial charge in [0.2, 0.25) is 0 Å². The van der Waals surface area contributed by atoms with Crippen LogP contribution in [0.2, 0.25) is 0 Å². The molecule has 2 rings (SSSR count). The van der Waals surface area contributed by atoms with Gasteiger partial charge in [0.05, 0.1) is 24.6 Å². The molecule has 0 bridgehead atoms. The molecule has 0 spiro atoms. The van der Waals surface area contributed by atoms with Crippen LogP contribution >= 0.6 is 15.9 Å². The molecule has 2 fully saturated rings. The number of ether oxygens (including phenoxy) is 2. The zero-order chi connectivity index (χ0) is 20.3. The summed E-state index contributed by atoms with van der Waals surface area (Å²) in [4.78, 5) is 9.62. The lowest BCUT2D eigenvalue weighted by atomic mass is 10.1. The second-order valence-electron chi connectivity index (χ2n) is 6.44. The van der Waals surface area contributed by atoms with Gasteiger partial charge in [0.1, 0.15) is 6.61 Å². The zero-order valence-corrected chi connectivity index (χ0v) is 18.9. The largest absolute Gasteiger partial charge is 0.411 e. The number of rotatable bonds is 6. The SMILES string of the molecule is CN1CCC(=NO)CC1.COCCBr.COCCON=C1CCN(C)CC1. The summed E-state index contributed by atoms with van der Waals surface area (Å²) in [7, 11) is 7.55. The molecule has 2 saturated heterocycles. The Bertz CT molecular complexity index is 389. The van der Waals surface area contributed by atoms with Gasteiger partial charge >= 0.3 is 0 Å². The maximum absolute atomic E-state index is 8.35. The molecule has 9 heteroatoms. The van der Waals surface area contributed by atoms with Gasteiger partial charge in [-0.15, -0.1) is 0 Å². The normalized spacial score (nSPS) is 18.0. The fourth-order valence-electron chi connectivity index (χ4n) is 2.28. The molecule has 27 heavy (non-hydrogen) atoms. The quantitative estimate of drug-likeness (QED) is 0.288. The third-order valence-electron chi connectivity index (χ3n) is 4.12. The molecular formula is C18H37BrN4O4. The average molecular weight is 453 g/mol. The fraction of sp³-hybridized carbons (Fsp3) is 0.889. The molecule has 2 aliphatic heterocycles. The Morgan fingerprint density at radius 1 is 0.852 bits per heavy atom.